The van der Waals surface area contributed by atoms with Gasteiger partial charge in [-0.25, -0.2) is 4.79 Å². The number of hydrogen-bond donors (Lipinski definition) is 2. The number of hydrogen-bond acceptors (Lipinski definition) is 5. The molecule has 0 fully saturated rings. The number of carbonyl (C=O) groups is 1. The Hall–Kier alpha value is -1.54. The Morgan fingerprint density at radius 3 is 2.38 bits per heavy atom. The average Bonchev–Trinajstić information content (AvgIpc) is 2.53. The third-order valence-corrected chi connectivity index (χ3v) is 3.43. The van der Waals surface area contributed by atoms with E-state index in [1.807, 2.05) is 27.7 Å². The summed E-state index contributed by atoms with van der Waals surface area (Å²) in [5.74, 6) is 0.760. The fourth-order valence-electron chi connectivity index (χ4n) is 2.04. The average molecular weight is 374 g/mol. The van der Waals surface area contributed by atoms with Crippen molar-refractivity contribution in [2.24, 2.45) is 4.99 Å². The number of guanidine groups is 1. The monoisotopic (exact) mass is 373 g/mol. The molecule has 0 heterocycles. The van der Waals surface area contributed by atoms with Crippen molar-refractivity contribution < 1.29 is 14.3 Å². The lowest BCUT2D eigenvalue weighted by molar-refractivity contribution is 0.0302. The van der Waals surface area contributed by atoms with Gasteiger partial charge in [-0.3, -0.25) is 4.99 Å². The smallest absolute Gasteiger partial charge is 0.410 e. The highest BCUT2D eigenvalue weighted by Gasteiger charge is 2.19. The lowest BCUT2D eigenvalue weighted by Gasteiger charge is -2.25. The van der Waals surface area contributed by atoms with Crippen LogP contribution in [0.3, 0.4) is 0 Å². The van der Waals surface area contributed by atoms with Gasteiger partial charge in [-0.15, -0.1) is 0 Å². The molecular weight excluding hydrogens is 334 g/mol. The van der Waals surface area contributed by atoms with E-state index in [0.29, 0.717) is 19.6 Å². The Bertz CT molecular complexity index is 410. The van der Waals surface area contributed by atoms with Crippen LogP contribution >= 0.6 is 0 Å². The molecule has 0 unspecified atom stereocenters. The molecule has 8 heteroatoms. The van der Waals surface area contributed by atoms with Crippen molar-refractivity contribution in [2.75, 3.05) is 67.1 Å². The molecule has 0 aliphatic carbocycles. The van der Waals surface area contributed by atoms with E-state index in [0.717, 1.165) is 38.6 Å². The lowest BCUT2D eigenvalue weighted by Crippen LogP contribution is -2.43. The van der Waals surface area contributed by atoms with Gasteiger partial charge in [-0.05, 0) is 41.2 Å². The number of carbonyl (C=O) groups excluding carboxylic acids is 1. The summed E-state index contributed by atoms with van der Waals surface area (Å²) in [6.07, 6.45) is 0.699. The fourth-order valence-corrected chi connectivity index (χ4v) is 2.04. The van der Waals surface area contributed by atoms with Gasteiger partial charge in [0.2, 0.25) is 0 Å². The maximum atomic E-state index is 11.9. The molecule has 0 aromatic carbocycles. The summed E-state index contributed by atoms with van der Waals surface area (Å²) in [6, 6.07) is 0. The highest BCUT2D eigenvalue weighted by Crippen LogP contribution is 2.08. The Morgan fingerprint density at radius 1 is 1.12 bits per heavy atom. The van der Waals surface area contributed by atoms with Gasteiger partial charge in [0.25, 0.3) is 0 Å². The summed E-state index contributed by atoms with van der Waals surface area (Å²) >= 11 is 0. The maximum Gasteiger partial charge on any atom is 0.410 e. The van der Waals surface area contributed by atoms with Gasteiger partial charge >= 0.3 is 6.09 Å². The highest BCUT2D eigenvalue weighted by molar-refractivity contribution is 5.79. The fraction of sp³-hybridized carbons (Fsp3) is 0.889. The topological polar surface area (TPSA) is 78.4 Å². The lowest BCUT2D eigenvalue weighted by atomic mass is 10.2. The molecule has 0 saturated heterocycles. The van der Waals surface area contributed by atoms with Gasteiger partial charge in [0, 0.05) is 53.5 Å². The number of amides is 1. The van der Waals surface area contributed by atoms with E-state index in [1.54, 1.807) is 19.1 Å². The number of ether oxygens (including phenoxy) is 2. The predicted octanol–water partition coefficient (Wildman–Crippen LogP) is 1.38. The SMILES string of the molecule is CCNC(=NCCN(C)CCCOC)NCCN(C)C(=O)OC(C)(C)C. The molecular formula is C18H39N5O3. The first-order chi connectivity index (χ1) is 12.2. The summed E-state index contributed by atoms with van der Waals surface area (Å²) in [6.45, 7) is 12.9. The molecule has 1 amide bonds. The van der Waals surface area contributed by atoms with Gasteiger partial charge in [-0.1, -0.05) is 0 Å². The molecule has 0 bridgehead atoms. The van der Waals surface area contributed by atoms with Gasteiger partial charge in [0.05, 0.1) is 6.54 Å². The molecule has 0 aliphatic heterocycles. The van der Waals surface area contributed by atoms with Crippen LogP contribution in [0.1, 0.15) is 34.1 Å². The van der Waals surface area contributed by atoms with Crippen molar-refractivity contribution in [3.8, 4) is 0 Å². The minimum absolute atomic E-state index is 0.320. The quantitative estimate of drug-likeness (QED) is 0.324. The number of nitrogens with zero attached hydrogens (tertiary/aromatic N) is 3. The van der Waals surface area contributed by atoms with Crippen molar-refractivity contribution in [3.05, 3.63) is 0 Å². The van der Waals surface area contributed by atoms with Gasteiger partial charge in [-0.2, -0.15) is 0 Å². The van der Waals surface area contributed by atoms with Crippen LogP contribution < -0.4 is 10.6 Å². The van der Waals surface area contributed by atoms with Crippen LogP contribution in [-0.2, 0) is 9.47 Å². The van der Waals surface area contributed by atoms with Crippen molar-refractivity contribution in [1.29, 1.82) is 0 Å². The third kappa shape index (κ3) is 13.7. The molecule has 8 nitrogen and oxygen atoms in total. The first-order valence-corrected chi connectivity index (χ1v) is 9.33. The van der Waals surface area contributed by atoms with Gasteiger partial charge < -0.3 is 29.9 Å². The van der Waals surface area contributed by atoms with Crippen LogP contribution in [0.5, 0.6) is 0 Å². The van der Waals surface area contributed by atoms with Crippen LogP contribution in [0, 0.1) is 0 Å². The second-order valence-corrected chi connectivity index (χ2v) is 7.24. The van der Waals surface area contributed by atoms with Crippen molar-refractivity contribution in [2.45, 2.75) is 39.7 Å². The molecule has 0 aromatic heterocycles. The van der Waals surface area contributed by atoms with Crippen LogP contribution in [-0.4, -0.2) is 94.5 Å². The molecule has 0 radical (unpaired) electrons. The minimum Gasteiger partial charge on any atom is -0.444 e. The Morgan fingerprint density at radius 2 is 1.81 bits per heavy atom. The summed E-state index contributed by atoms with van der Waals surface area (Å²) in [7, 11) is 5.54. The van der Waals surface area contributed by atoms with Gasteiger partial charge in [0.15, 0.2) is 5.96 Å². The molecule has 2 N–H and O–H groups in total. The first kappa shape index (κ1) is 24.5. The first-order valence-electron chi connectivity index (χ1n) is 9.33. The summed E-state index contributed by atoms with van der Waals surface area (Å²) in [4.78, 5) is 20.3. The Labute approximate surface area is 159 Å². The zero-order chi connectivity index (χ0) is 20.0. The maximum absolute atomic E-state index is 11.9. The number of nitrogens with one attached hydrogen (secondary N) is 2. The normalized spacial score (nSPS) is 12.2. The van der Waals surface area contributed by atoms with Crippen LogP contribution in [0.15, 0.2) is 4.99 Å². The van der Waals surface area contributed by atoms with E-state index in [2.05, 4.69) is 27.6 Å². The zero-order valence-electron chi connectivity index (χ0n) is 17.7. The van der Waals surface area contributed by atoms with E-state index >= 15 is 0 Å². The number of likely N-dealkylation sites (N-methyl/N-ethyl adjacent to an activating group) is 2. The number of aliphatic imine (C=N–C) groups is 1. The predicted molar refractivity (Wildman–Crippen MR) is 107 cm³/mol. The van der Waals surface area contributed by atoms with Crippen LogP contribution in [0.4, 0.5) is 4.79 Å². The van der Waals surface area contributed by atoms with Crippen LogP contribution in [0.25, 0.3) is 0 Å². The molecule has 0 rings (SSSR count). The third-order valence-electron chi connectivity index (χ3n) is 3.43. The Kier molecular flexibility index (Phi) is 12.8. The van der Waals surface area contributed by atoms with Crippen molar-refractivity contribution in [1.82, 2.24) is 20.4 Å². The summed E-state index contributed by atoms with van der Waals surface area (Å²) in [5.41, 5.74) is -0.482. The molecule has 0 atom stereocenters. The molecule has 0 aromatic rings. The number of methoxy groups -OCH3 is 1. The second kappa shape index (κ2) is 13.6. The van der Waals surface area contributed by atoms with E-state index in [1.165, 1.54) is 0 Å². The van der Waals surface area contributed by atoms with Crippen molar-refractivity contribution in [3.63, 3.8) is 0 Å². The standard InChI is InChI=1S/C18H39N5O3/c1-8-19-16(20-10-13-22(5)12-9-15-25-7)21-11-14-23(6)17(24)26-18(2,3)4/h8-15H2,1-7H3,(H2,19,20,21). The van der Waals surface area contributed by atoms with E-state index in [-0.39, 0.29) is 6.09 Å². The second-order valence-electron chi connectivity index (χ2n) is 7.24. The largest absolute Gasteiger partial charge is 0.444 e. The summed E-state index contributed by atoms with van der Waals surface area (Å²) < 4.78 is 10.4. The molecule has 154 valence electrons. The minimum atomic E-state index is -0.482. The zero-order valence-corrected chi connectivity index (χ0v) is 17.7. The molecule has 26 heavy (non-hydrogen) atoms. The van der Waals surface area contributed by atoms with Crippen molar-refractivity contribution >= 4 is 12.1 Å². The van der Waals surface area contributed by atoms with Crippen LogP contribution in [0.2, 0.25) is 0 Å². The summed E-state index contributed by atoms with van der Waals surface area (Å²) in [5, 5.41) is 6.46. The Balaban J connectivity index is 4.19. The molecule has 0 saturated carbocycles. The van der Waals surface area contributed by atoms with E-state index in [9.17, 15) is 4.79 Å². The molecule has 0 aliphatic rings. The number of rotatable bonds is 11. The highest BCUT2D eigenvalue weighted by atomic mass is 16.6. The van der Waals surface area contributed by atoms with E-state index in [4.69, 9.17) is 9.47 Å². The molecule has 0 spiro atoms. The van der Waals surface area contributed by atoms with E-state index < -0.39 is 5.60 Å². The van der Waals surface area contributed by atoms with Gasteiger partial charge in [0.1, 0.15) is 5.60 Å².